The second-order valence-corrected chi connectivity index (χ2v) is 3.64. The van der Waals surface area contributed by atoms with Gasteiger partial charge in [0, 0.05) is 0 Å². The predicted molar refractivity (Wildman–Crippen MR) is 58.7 cm³/mol. The molecule has 0 aliphatic rings. The molecule has 0 radical (unpaired) electrons. The fraction of sp³-hybridized carbons (Fsp3) is 0.300. The van der Waals surface area contributed by atoms with E-state index in [1.54, 1.807) is 19.2 Å². The molecule has 0 saturated carbocycles. The van der Waals surface area contributed by atoms with Crippen LogP contribution in [0.15, 0.2) is 12.3 Å². The Kier molecular flexibility index (Phi) is 2.78. The summed E-state index contributed by atoms with van der Waals surface area (Å²) in [7, 11) is 0. The van der Waals surface area contributed by atoms with Gasteiger partial charge in [0.2, 0.25) is 5.82 Å². The summed E-state index contributed by atoms with van der Waals surface area (Å²) in [4.78, 5) is 15.5. The van der Waals surface area contributed by atoms with Gasteiger partial charge in [-0.05, 0) is 25.5 Å². The Morgan fingerprint density at radius 3 is 3.06 bits per heavy atom. The molecule has 2 aromatic rings. The highest BCUT2D eigenvalue weighted by molar-refractivity contribution is 6.29. The van der Waals surface area contributed by atoms with Gasteiger partial charge in [-0.2, -0.15) is 5.10 Å². The highest BCUT2D eigenvalue weighted by Crippen LogP contribution is 2.15. The summed E-state index contributed by atoms with van der Waals surface area (Å²) in [5, 5.41) is 4.33. The predicted octanol–water partition coefficient (Wildman–Crippen LogP) is 1.87. The first-order valence-electron chi connectivity index (χ1n) is 4.81. The van der Waals surface area contributed by atoms with E-state index in [0.717, 1.165) is 11.1 Å². The quantitative estimate of drug-likeness (QED) is 0.751. The van der Waals surface area contributed by atoms with Crippen molar-refractivity contribution in [2.24, 2.45) is 0 Å². The van der Waals surface area contributed by atoms with Gasteiger partial charge >= 0.3 is 5.97 Å². The maximum absolute atomic E-state index is 11.6. The molecule has 0 unspecified atom stereocenters. The minimum absolute atomic E-state index is 0.141. The first-order chi connectivity index (χ1) is 7.63. The molecule has 5 nitrogen and oxygen atoms in total. The Morgan fingerprint density at radius 2 is 2.38 bits per heavy atom. The number of rotatable bonds is 2. The minimum atomic E-state index is -0.503. The minimum Gasteiger partial charge on any atom is -0.460 e. The molecule has 0 aromatic carbocycles. The van der Waals surface area contributed by atoms with Gasteiger partial charge in [0.1, 0.15) is 5.15 Å². The van der Waals surface area contributed by atoms with Gasteiger partial charge in [-0.1, -0.05) is 11.6 Å². The molecule has 0 bridgehead atoms. The topological polar surface area (TPSA) is 56.5 Å². The second kappa shape index (κ2) is 4.09. The maximum Gasteiger partial charge on any atom is 0.376 e. The molecule has 84 valence electrons. The molecule has 0 atom stereocenters. The Bertz CT molecular complexity index is 550. The van der Waals surface area contributed by atoms with Crippen LogP contribution in [0.25, 0.3) is 5.52 Å². The van der Waals surface area contributed by atoms with E-state index in [9.17, 15) is 4.79 Å². The molecular formula is C10H10ClN3O2. The highest BCUT2D eigenvalue weighted by Gasteiger charge is 2.16. The van der Waals surface area contributed by atoms with E-state index >= 15 is 0 Å². The molecule has 0 amide bonds. The molecule has 0 spiro atoms. The number of halogens is 1. The van der Waals surface area contributed by atoms with E-state index in [2.05, 4.69) is 10.1 Å². The van der Waals surface area contributed by atoms with Crippen LogP contribution < -0.4 is 0 Å². The summed E-state index contributed by atoms with van der Waals surface area (Å²) in [6.07, 6.45) is 1.57. The van der Waals surface area contributed by atoms with Crippen LogP contribution >= 0.6 is 11.6 Å². The zero-order valence-corrected chi connectivity index (χ0v) is 9.65. The van der Waals surface area contributed by atoms with Crippen LogP contribution in [0, 0.1) is 6.92 Å². The molecule has 0 saturated heterocycles. The lowest BCUT2D eigenvalue weighted by Gasteiger charge is -2.02. The van der Waals surface area contributed by atoms with Crippen LogP contribution in [0.3, 0.4) is 0 Å². The molecule has 6 heteroatoms. The number of esters is 1. The molecule has 0 fully saturated rings. The number of hydrogen-bond donors (Lipinski definition) is 0. The van der Waals surface area contributed by atoms with Gasteiger partial charge in [-0.3, -0.25) is 0 Å². The molecule has 2 heterocycles. The SMILES string of the molecule is CCOC(=O)c1ncc2c(C)cc(Cl)nn12. The number of carbonyl (C=O) groups is 1. The average molecular weight is 240 g/mol. The van der Waals surface area contributed by atoms with Gasteiger partial charge in [-0.25, -0.2) is 14.3 Å². The molecular weight excluding hydrogens is 230 g/mol. The van der Waals surface area contributed by atoms with Gasteiger partial charge < -0.3 is 4.74 Å². The van der Waals surface area contributed by atoms with Crippen LogP contribution in [0.1, 0.15) is 23.1 Å². The van der Waals surface area contributed by atoms with Crippen LogP contribution in [-0.4, -0.2) is 27.2 Å². The van der Waals surface area contributed by atoms with Crippen molar-refractivity contribution in [1.82, 2.24) is 14.6 Å². The lowest BCUT2D eigenvalue weighted by Crippen LogP contribution is -2.11. The Hall–Kier alpha value is -1.62. The van der Waals surface area contributed by atoms with Gasteiger partial charge in [0.05, 0.1) is 18.3 Å². The number of aryl methyl sites for hydroxylation is 1. The van der Waals surface area contributed by atoms with Crippen LogP contribution in [0.4, 0.5) is 0 Å². The van der Waals surface area contributed by atoms with Crippen molar-refractivity contribution in [2.75, 3.05) is 6.61 Å². The van der Waals surface area contributed by atoms with Gasteiger partial charge in [0.15, 0.2) is 0 Å². The molecule has 0 aliphatic carbocycles. The van der Waals surface area contributed by atoms with Crippen LogP contribution in [0.5, 0.6) is 0 Å². The lowest BCUT2D eigenvalue weighted by atomic mass is 10.3. The normalized spacial score (nSPS) is 10.7. The first kappa shape index (κ1) is 10.9. The van der Waals surface area contributed by atoms with E-state index in [-0.39, 0.29) is 5.82 Å². The number of fused-ring (bicyclic) bond motifs is 1. The largest absolute Gasteiger partial charge is 0.460 e. The maximum atomic E-state index is 11.6. The van der Waals surface area contributed by atoms with Crippen molar-refractivity contribution in [2.45, 2.75) is 13.8 Å². The summed E-state index contributed by atoms with van der Waals surface area (Å²) in [5.74, 6) is -0.362. The zero-order chi connectivity index (χ0) is 11.7. The summed E-state index contributed by atoms with van der Waals surface area (Å²) in [5.41, 5.74) is 1.65. The molecule has 0 N–H and O–H groups in total. The van der Waals surface area contributed by atoms with E-state index in [1.807, 2.05) is 6.92 Å². The molecule has 2 rings (SSSR count). The van der Waals surface area contributed by atoms with Crippen molar-refractivity contribution in [3.05, 3.63) is 28.8 Å². The Morgan fingerprint density at radius 1 is 1.62 bits per heavy atom. The second-order valence-electron chi connectivity index (χ2n) is 3.25. The third-order valence-corrected chi connectivity index (χ3v) is 2.32. The van der Waals surface area contributed by atoms with Gasteiger partial charge in [0.25, 0.3) is 0 Å². The van der Waals surface area contributed by atoms with Crippen LogP contribution in [0.2, 0.25) is 5.15 Å². The molecule has 16 heavy (non-hydrogen) atoms. The molecule has 2 aromatic heterocycles. The lowest BCUT2D eigenvalue weighted by molar-refractivity contribution is 0.0509. The van der Waals surface area contributed by atoms with E-state index in [4.69, 9.17) is 16.3 Å². The smallest absolute Gasteiger partial charge is 0.376 e. The summed E-state index contributed by atoms with van der Waals surface area (Å²) >= 11 is 5.82. The standard InChI is InChI=1S/C10H10ClN3O2/c1-3-16-10(15)9-12-5-7-6(2)4-8(11)13-14(7)9/h4-5H,3H2,1-2H3. The summed E-state index contributed by atoms with van der Waals surface area (Å²) < 4.78 is 6.27. The third kappa shape index (κ3) is 1.74. The van der Waals surface area contributed by atoms with E-state index < -0.39 is 5.97 Å². The van der Waals surface area contributed by atoms with Crippen molar-refractivity contribution in [3.8, 4) is 0 Å². The third-order valence-electron chi connectivity index (χ3n) is 2.13. The van der Waals surface area contributed by atoms with E-state index in [1.165, 1.54) is 4.52 Å². The summed E-state index contributed by atoms with van der Waals surface area (Å²) in [6, 6.07) is 1.72. The number of ether oxygens (including phenoxy) is 1. The average Bonchev–Trinajstić information content (AvgIpc) is 2.61. The highest BCUT2D eigenvalue weighted by atomic mass is 35.5. The zero-order valence-electron chi connectivity index (χ0n) is 8.90. The van der Waals surface area contributed by atoms with Crippen LogP contribution in [-0.2, 0) is 4.74 Å². The summed E-state index contributed by atoms with van der Waals surface area (Å²) in [6.45, 7) is 3.91. The fourth-order valence-electron chi connectivity index (χ4n) is 1.43. The van der Waals surface area contributed by atoms with Crippen molar-refractivity contribution in [3.63, 3.8) is 0 Å². The number of aromatic nitrogens is 3. The number of imidazole rings is 1. The van der Waals surface area contributed by atoms with Crippen molar-refractivity contribution < 1.29 is 9.53 Å². The van der Waals surface area contributed by atoms with Gasteiger partial charge in [-0.15, -0.1) is 0 Å². The number of carbonyl (C=O) groups excluding carboxylic acids is 1. The first-order valence-corrected chi connectivity index (χ1v) is 5.19. The number of hydrogen-bond acceptors (Lipinski definition) is 4. The Labute approximate surface area is 97.0 Å². The number of nitrogens with zero attached hydrogens (tertiary/aromatic N) is 3. The van der Waals surface area contributed by atoms with E-state index in [0.29, 0.717) is 11.8 Å². The van der Waals surface area contributed by atoms with Crippen molar-refractivity contribution in [1.29, 1.82) is 0 Å². The van der Waals surface area contributed by atoms with Crippen molar-refractivity contribution >= 4 is 23.1 Å². The fourth-order valence-corrected chi connectivity index (χ4v) is 1.67. The monoisotopic (exact) mass is 239 g/mol. The molecule has 0 aliphatic heterocycles. The Balaban J connectivity index is 2.60.